The summed E-state index contributed by atoms with van der Waals surface area (Å²) in [5.74, 6) is -0.413. The quantitative estimate of drug-likeness (QED) is 0.254. The van der Waals surface area contributed by atoms with Crippen LogP contribution in [0.25, 0.3) is 11.0 Å². The third kappa shape index (κ3) is 5.24. The molecule has 5 rings (SSSR count). The van der Waals surface area contributed by atoms with E-state index in [0.717, 1.165) is 15.1 Å². The van der Waals surface area contributed by atoms with E-state index in [-0.39, 0.29) is 23.6 Å². The zero-order valence-corrected chi connectivity index (χ0v) is 23.5. The molecule has 1 aliphatic heterocycles. The summed E-state index contributed by atoms with van der Waals surface area (Å²) in [4.78, 5) is 17.2. The number of aromatic nitrogens is 2. The summed E-state index contributed by atoms with van der Waals surface area (Å²) in [6.07, 6.45) is 2.99. The van der Waals surface area contributed by atoms with Crippen molar-refractivity contribution < 1.29 is 27.3 Å². The maximum absolute atomic E-state index is 13.7. The first-order valence-electron chi connectivity index (χ1n) is 12.7. The van der Waals surface area contributed by atoms with E-state index in [2.05, 4.69) is 4.98 Å². The number of hydrogen-bond acceptors (Lipinski definition) is 7. The Kier molecular flexibility index (Phi) is 6.90. The first kappa shape index (κ1) is 27.1. The Balaban J connectivity index is 1.53. The van der Waals surface area contributed by atoms with E-state index in [1.807, 2.05) is 65.0 Å². The van der Waals surface area contributed by atoms with Crippen LogP contribution in [0.3, 0.4) is 0 Å². The molecule has 4 aromatic rings. The Bertz CT molecular complexity index is 1610. The number of rotatable bonds is 7. The molecular formula is C29H31BN2O6S. The van der Waals surface area contributed by atoms with Crippen molar-refractivity contribution in [1.29, 1.82) is 0 Å². The van der Waals surface area contributed by atoms with E-state index < -0.39 is 34.3 Å². The van der Waals surface area contributed by atoms with Gasteiger partial charge in [0.05, 0.1) is 22.5 Å². The Hall–Kier alpha value is -3.47. The standard InChI is InChI=1S/C29H31BN2O6S/c1-20-11-13-23(14-12-20)39(34,35)32-18-25(30-37-28(2,3)29(4,5)38-30)24-15-22(17-31-27(24)32)16-26(33)36-19-21-9-7-6-8-10-21/h6-15,17-18H,16,19H2,1-5H3. The van der Waals surface area contributed by atoms with Gasteiger partial charge >= 0.3 is 13.1 Å². The molecule has 0 aliphatic carbocycles. The van der Waals surface area contributed by atoms with Gasteiger partial charge in [0.2, 0.25) is 0 Å². The van der Waals surface area contributed by atoms with Gasteiger partial charge < -0.3 is 14.0 Å². The van der Waals surface area contributed by atoms with Gasteiger partial charge in [-0.1, -0.05) is 48.0 Å². The maximum Gasteiger partial charge on any atom is 0.497 e. The van der Waals surface area contributed by atoms with Gasteiger partial charge in [-0.3, -0.25) is 4.79 Å². The van der Waals surface area contributed by atoms with E-state index in [9.17, 15) is 13.2 Å². The predicted molar refractivity (Wildman–Crippen MR) is 149 cm³/mol. The van der Waals surface area contributed by atoms with Crippen molar-refractivity contribution in [2.45, 2.75) is 63.7 Å². The summed E-state index contributed by atoms with van der Waals surface area (Å²) in [7, 11) is -4.80. The second kappa shape index (κ2) is 9.93. The minimum Gasteiger partial charge on any atom is -0.461 e. The lowest BCUT2D eigenvalue weighted by Crippen LogP contribution is -2.41. The molecule has 10 heteroatoms. The highest BCUT2D eigenvalue weighted by Crippen LogP contribution is 2.37. The molecule has 0 spiro atoms. The highest BCUT2D eigenvalue weighted by Gasteiger charge is 2.52. The monoisotopic (exact) mass is 546 g/mol. The fourth-order valence-corrected chi connectivity index (χ4v) is 5.70. The van der Waals surface area contributed by atoms with Crippen LogP contribution in [-0.2, 0) is 41.9 Å². The van der Waals surface area contributed by atoms with Gasteiger partial charge in [-0.2, -0.15) is 0 Å². The van der Waals surface area contributed by atoms with Crippen molar-refractivity contribution in [2.75, 3.05) is 0 Å². The summed E-state index contributed by atoms with van der Waals surface area (Å²) in [6, 6.07) is 17.8. The van der Waals surface area contributed by atoms with Gasteiger partial charge in [-0.25, -0.2) is 17.4 Å². The Labute approximate surface area is 229 Å². The largest absolute Gasteiger partial charge is 0.497 e. The van der Waals surface area contributed by atoms with E-state index in [1.54, 1.807) is 30.3 Å². The van der Waals surface area contributed by atoms with Gasteiger partial charge in [0.25, 0.3) is 10.0 Å². The fourth-order valence-electron chi connectivity index (χ4n) is 4.36. The molecular weight excluding hydrogens is 515 g/mol. The average molecular weight is 546 g/mol. The number of pyridine rings is 1. The molecule has 1 fully saturated rings. The summed E-state index contributed by atoms with van der Waals surface area (Å²) in [5, 5.41) is 0.526. The predicted octanol–water partition coefficient (Wildman–Crippen LogP) is 4.17. The highest BCUT2D eigenvalue weighted by atomic mass is 32.2. The second-order valence-corrected chi connectivity index (χ2v) is 12.6. The minimum absolute atomic E-state index is 0.0194. The van der Waals surface area contributed by atoms with Gasteiger partial charge in [0.1, 0.15) is 6.61 Å². The molecule has 8 nitrogen and oxygen atoms in total. The van der Waals surface area contributed by atoms with Gasteiger partial charge in [0.15, 0.2) is 5.65 Å². The van der Waals surface area contributed by atoms with Crippen LogP contribution in [0.1, 0.15) is 44.4 Å². The van der Waals surface area contributed by atoms with Crippen LogP contribution in [0.5, 0.6) is 0 Å². The smallest absolute Gasteiger partial charge is 0.461 e. The van der Waals surface area contributed by atoms with Crippen LogP contribution in [-0.4, -0.2) is 41.7 Å². The average Bonchev–Trinajstić information content (AvgIpc) is 3.37. The number of esters is 1. The normalized spacial score (nSPS) is 16.5. The van der Waals surface area contributed by atoms with Crippen molar-refractivity contribution in [1.82, 2.24) is 8.96 Å². The van der Waals surface area contributed by atoms with Crippen molar-refractivity contribution in [3.8, 4) is 0 Å². The van der Waals surface area contributed by atoms with E-state index in [1.165, 1.54) is 12.4 Å². The summed E-state index contributed by atoms with van der Waals surface area (Å²) in [6.45, 7) is 9.79. The van der Waals surface area contributed by atoms with Crippen LogP contribution >= 0.6 is 0 Å². The molecule has 0 saturated carbocycles. The molecule has 1 saturated heterocycles. The Morgan fingerprint density at radius 1 is 0.974 bits per heavy atom. The van der Waals surface area contributed by atoms with Crippen LogP contribution in [0.15, 0.2) is 78.0 Å². The first-order chi connectivity index (χ1) is 18.4. The van der Waals surface area contributed by atoms with Gasteiger partial charge in [0, 0.05) is 23.2 Å². The minimum atomic E-state index is -3.97. The summed E-state index contributed by atoms with van der Waals surface area (Å²) >= 11 is 0. The molecule has 39 heavy (non-hydrogen) atoms. The first-order valence-corrected chi connectivity index (χ1v) is 14.2. The zero-order valence-electron chi connectivity index (χ0n) is 22.7. The van der Waals surface area contributed by atoms with Crippen LogP contribution in [0.4, 0.5) is 0 Å². The van der Waals surface area contributed by atoms with E-state index in [4.69, 9.17) is 14.0 Å². The molecule has 0 radical (unpaired) electrons. The molecule has 202 valence electrons. The number of aryl methyl sites for hydroxylation is 1. The molecule has 0 N–H and O–H groups in total. The third-order valence-corrected chi connectivity index (χ3v) is 9.04. The Morgan fingerprint density at radius 3 is 2.26 bits per heavy atom. The van der Waals surface area contributed by atoms with Gasteiger partial charge in [-0.15, -0.1) is 0 Å². The van der Waals surface area contributed by atoms with Crippen LogP contribution < -0.4 is 5.46 Å². The van der Waals surface area contributed by atoms with Crippen molar-refractivity contribution in [3.63, 3.8) is 0 Å². The molecule has 2 aromatic carbocycles. The number of nitrogens with zero attached hydrogens (tertiary/aromatic N) is 2. The van der Waals surface area contributed by atoms with Crippen molar-refractivity contribution >= 4 is 39.6 Å². The SMILES string of the molecule is Cc1ccc(S(=O)(=O)n2cc(B3OC(C)(C)C(C)(C)O3)c3cc(CC(=O)OCc4ccccc4)cnc32)cc1. The third-order valence-electron chi connectivity index (χ3n) is 7.38. The summed E-state index contributed by atoms with van der Waals surface area (Å²) in [5.41, 5.74) is 1.91. The fraction of sp³-hybridized carbons (Fsp3) is 0.310. The molecule has 0 atom stereocenters. The summed E-state index contributed by atoms with van der Waals surface area (Å²) < 4.78 is 46.5. The molecule has 3 heterocycles. The van der Waals surface area contributed by atoms with Gasteiger partial charge in [-0.05, 0) is 63.9 Å². The number of hydrogen-bond donors (Lipinski definition) is 0. The van der Waals surface area contributed by atoms with Crippen molar-refractivity contribution in [3.05, 3.63) is 89.7 Å². The van der Waals surface area contributed by atoms with Crippen LogP contribution in [0, 0.1) is 6.92 Å². The molecule has 0 amide bonds. The number of carbonyl (C=O) groups is 1. The lowest BCUT2D eigenvalue weighted by Gasteiger charge is -2.32. The Morgan fingerprint density at radius 2 is 1.62 bits per heavy atom. The second-order valence-electron chi connectivity index (χ2n) is 10.8. The number of fused-ring (bicyclic) bond motifs is 1. The lowest BCUT2D eigenvalue weighted by atomic mass is 9.79. The molecule has 0 unspecified atom stereocenters. The number of carbonyl (C=O) groups excluding carboxylic acids is 1. The molecule has 1 aliphatic rings. The topological polar surface area (TPSA) is 96.7 Å². The van der Waals surface area contributed by atoms with Crippen molar-refractivity contribution in [2.24, 2.45) is 0 Å². The number of ether oxygens (including phenoxy) is 1. The van der Waals surface area contributed by atoms with Crippen LogP contribution in [0.2, 0.25) is 0 Å². The van der Waals surface area contributed by atoms with E-state index >= 15 is 0 Å². The molecule has 0 bridgehead atoms. The number of benzene rings is 2. The maximum atomic E-state index is 13.7. The molecule has 2 aromatic heterocycles. The highest BCUT2D eigenvalue weighted by molar-refractivity contribution is 7.90. The van der Waals surface area contributed by atoms with E-state index in [0.29, 0.717) is 16.4 Å². The lowest BCUT2D eigenvalue weighted by molar-refractivity contribution is -0.144. The zero-order chi connectivity index (χ0) is 28.0.